The molecule has 0 amide bonds. The molecule has 0 aliphatic heterocycles. The highest BCUT2D eigenvalue weighted by Gasteiger charge is 2.45. The summed E-state index contributed by atoms with van der Waals surface area (Å²) in [6, 6.07) is 28.7. The lowest BCUT2D eigenvalue weighted by atomic mass is 10.0. The third-order valence-electron chi connectivity index (χ3n) is 7.78. The first kappa shape index (κ1) is 25.4. The van der Waals surface area contributed by atoms with E-state index in [1.54, 1.807) is 5.20 Å². The standard InChI is InChI=1S/C34H42Si/c1-8-27-13-12-20-34(27)35(31-17-9-14-28(21-31)24(2)3,32-18-10-15-29(22-32)25(4)5)33-19-11-16-30(23-33)26(6)7/h9-11,13-26H,8,12H2,1-7H3. The molecule has 0 spiro atoms. The summed E-state index contributed by atoms with van der Waals surface area (Å²) >= 11 is 0. The Hall–Kier alpha value is -2.64. The predicted octanol–water partition coefficient (Wildman–Crippen LogP) is 7.73. The number of hydrogen-bond donors (Lipinski definition) is 0. The van der Waals surface area contributed by atoms with Crippen molar-refractivity contribution < 1.29 is 0 Å². The van der Waals surface area contributed by atoms with Crippen molar-refractivity contribution in [2.24, 2.45) is 0 Å². The van der Waals surface area contributed by atoms with Gasteiger partial charge in [-0.15, -0.1) is 0 Å². The van der Waals surface area contributed by atoms with E-state index in [2.05, 4.69) is 133 Å². The Morgan fingerprint density at radius 2 is 1.00 bits per heavy atom. The summed E-state index contributed by atoms with van der Waals surface area (Å²) in [5.41, 5.74) is 5.83. The van der Waals surface area contributed by atoms with Gasteiger partial charge in [-0.05, 0) is 68.0 Å². The van der Waals surface area contributed by atoms with E-state index < -0.39 is 8.07 Å². The molecule has 0 radical (unpaired) electrons. The van der Waals surface area contributed by atoms with E-state index in [1.807, 2.05) is 0 Å². The van der Waals surface area contributed by atoms with Crippen LogP contribution in [0.3, 0.4) is 0 Å². The Kier molecular flexibility index (Phi) is 7.67. The summed E-state index contributed by atoms with van der Waals surface area (Å²) < 4.78 is 0. The van der Waals surface area contributed by atoms with Gasteiger partial charge in [0.2, 0.25) is 0 Å². The van der Waals surface area contributed by atoms with Crippen LogP contribution in [-0.4, -0.2) is 8.07 Å². The molecule has 1 aliphatic carbocycles. The van der Waals surface area contributed by atoms with Crippen LogP contribution in [0.4, 0.5) is 0 Å². The molecular formula is C34H42Si. The van der Waals surface area contributed by atoms with Crippen molar-refractivity contribution in [1.82, 2.24) is 0 Å². The molecule has 0 atom stereocenters. The van der Waals surface area contributed by atoms with E-state index in [4.69, 9.17) is 0 Å². The Labute approximate surface area is 214 Å². The van der Waals surface area contributed by atoms with Gasteiger partial charge in [0.05, 0.1) is 0 Å². The summed E-state index contributed by atoms with van der Waals surface area (Å²) in [4.78, 5) is 0. The minimum Gasteiger partial charge on any atom is -0.0801 e. The third kappa shape index (κ3) is 4.76. The fourth-order valence-electron chi connectivity index (χ4n) is 5.65. The molecule has 0 saturated carbocycles. The first-order chi connectivity index (χ1) is 16.8. The van der Waals surface area contributed by atoms with Gasteiger partial charge < -0.3 is 0 Å². The zero-order chi connectivity index (χ0) is 25.2. The van der Waals surface area contributed by atoms with E-state index in [1.165, 1.54) is 37.8 Å². The van der Waals surface area contributed by atoms with Gasteiger partial charge in [-0.2, -0.15) is 0 Å². The second-order valence-electron chi connectivity index (χ2n) is 11.0. The summed E-state index contributed by atoms with van der Waals surface area (Å²) in [5, 5.41) is 6.14. The lowest BCUT2D eigenvalue weighted by Gasteiger charge is -2.37. The topological polar surface area (TPSA) is 0 Å². The minimum absolute atomic E-state index is 0.504. The molecule has 0 heterocycles. The molecule has 0 nitrogen and oxygen atoms in total. The molecule has 182 valence electrons. The Morgan fingerprint density at radius 3 is 1.34 bits per heavy atom. The number of hydrogen-bond acceptors (Lipinski definition) is 0. The van der Waals surface area contributed by atoms with Crippen molar-refractivity contribution in [1.29, 1.82) is 0 Å². The van der Waals surface area contributed by atoms with E-state index in [0.29, 0.717) is 17.8 Å². The fourth-order valence-corrected chi connectivity index (χ4v) is 11.0. The van der Waals surface area contributed by atoms with Crippen LogP contribution in [-0.2, 0) is 0 Å². The van der Waals surface area contributed by atoms with E-state index in [-0.39, 0.29) is 0 Å². The predicted molar refractivity (Wildman–Crippen MR) is 157 cm³/mol. The van der Waals surface area contributed by atoms with Gasteiger partial charge in [0.1, 0.15) is 0 Å². The zero-order valence-corrected chi connectivity index (χ0v) is 23.7. The van der Waals surface area contributed by atoms with Gasteiger partial charge in [-0.3, -0.25) is 0 Å². The lowest BCUT2D eigenvalue weighted by molar-refractivity contribution is 0.867. The second-order valence-corrected chi connectivity index (χ2v) is 14.8. The van der Waals surface area contributed by atoms with Gasteiger partial charge in [0, 0.05) is 0 Å². The Morgan fingerprint density at radius 1 is 0.600 bits per heavy atom. The first-order valence-electron chi connectivity index (χ1n) is 13.5. The number of allylic oxidation sites excluding steroid dienone is 4. The molecule has 0 bridgehead atoms. The first-order valence-corrected chi connectivity index (χ1v) is 15.5. The highest BCUT2D eigenvalue weighted by Crippen LogP contribution is 2.32. The molecule has 3 aromatic carbocycles. The van der Waals surface area contributed by atoms with Gasteiger partial charge in [0.15, 0.2) is 8.07 Å². The molecular weight excluding hydrogens is 436 g/mol. The van der Waals surface area contributed by atoms with Crippen molar-refractivity contribution in [2.45, 2.75) is 79.1 Å². The smallest absolute Gasteiger partial charge is 0.0801 e. The Balaban J connectivity index is 2.16. The zero-order valence-electron chi connectivity index (χ0n) is 22.7. The molecule has 0 aromatic heterocycles. The van der Waals surface area contributed by atoms with Crippen LogP contribution in [0.1, 0.15) is 95.8 Å². The summed E-state index contributed by atoms with van der Waals surface area (Å²) in [6.45, 7) is 16.2. The average molecular weight is 479 g/mol. The van der Waals surface area contributed by atoms with Crippen LogP contribution in [0, 0.1) is 0 Å². The van der Waals surface area contributed by atoms with Crippen LogP contribution in [0.5, 0.6) is 0 Å². The minimum atomic E-state index is -2.51. The molecule has 0 fully saturated rings. The lowest BCUT2D eigenvalue weighted by Crippen LogP contribution is -2.69. The van der Waals surface area contributed by atoms with Crippen molar-refractivity contribution in [3.05, 3.63) is 112 Å². The van der Waals surface area contributed by atoms with E-state index in [0.717, 1.165) is 12.8 Å². The SMILES string of the molecule is CCC1=CCC=C1[Si](c1cccc(C(C)C)c1)(c1cccc(C(C)C)c1)c1cccc(C(C)C)c1. The maximum atomic E-state index is 2.55. The molecule has 0 unspecified atom stereocenters. The van der Waals surface area contributed by atoms with Gasteiger partial charge in [-0.25, -0.2) is 0 Å². The summed E-state index contributed by atoms with van der Waals surface area (Å²) in [7, 11) is -2.51. The van der Waals surface area contributed by atoms with Crippen molar-refractivity contribution in [3.8, 4) is 0 Å². The van der Waals surface area contributed by atoms with Crippen LogP contribution in [0.25, 0.3) is 0 Å². The molecule has 3 aromatic rings. The van der Waals surface area contributed by atoms with Crippen LogP contribution in [0.15, 0.2) is 95.7 Å². The molecule has 1 aliphatic rings. The third-order valence-corrected chi connectivity index (χ3v) is 12.6. The van der Waals surface area contributed by atoms with Gasteiger partial charge >= 0.3 is 0 Å². The summed E-state index contributed by atoms with van der Waals surface area (Å²) in [6.07, 6.45) is 7.16. The normalized spacial score (nSPS) is 14.1. The number of benzene rings is 3. The second kappa shape index (κ2) is 10.5. The number of rotatable bonds is 8. The highest BCUT2D eigenvalue weighted by atomic mass is 28.3. The van der Waals surface area contributed by atoms with E-state index >= 15 is 0 Å². The monoisotopic (exact) mass is 478 g/mol. The fraction of sp³-hybridized carbons (Fsp3) is 0.353. The van der Waals surface area contributed by atoms with Crippen LogP contribution < -0.4 is 15.6 Å². The van der Waals surface area contributed by atoms with Crippen LogP contribution in [0.2, 0.25) is 0 Å². The maximum absolute atomic E-state index is 2.55. The molecule has 1 heteroatoms. The Bertz CT molecular complexity index is 1110. The quantitative estimate of drug-likeness (QED) is 0.229. The van der Waals surface area contributed by atoms with Crippen LogP contribution >= 0.6 is 0 Å². The molecule has 0 saturated heterocycles. The van der Waals surface area contributed by atoms with Crippen molar-refractivity contribution >= 4 is 23.6 Å². The molecule has 4 rings (SSSR count). The van der Waals surface area contributed by atoms with Crippen molar-refractivity contribution in [2.75, 3.05) is 0 Å². The highest BCUT2D eigenvalue weighted by molar-refractivity contribution is 7.16. The molecule has 0 N–H and O–H groups in total. The molecule has 35 heavy (non-hydrogen) atoms. The van der Waals surface area contributed by atoms with Gasteiger partial charge in [0.25, 0.3) is 0 Å². The van der Waals surface area contributed by atoms with Gasteiger partial charge in [-0.1, -0.05) is 139 Å². The maximum Gasteiger partial charge on any atom is 0.179 e. The summed E-state index contributed by atoms with van der Waals surface area (Å²) in [5.74, 6) is 1.51. The van der Waals surface area contributed by atoms with E-state index in [9.17, 15) is 0 Å². The largest absolute Gasteiger partial charge is 0.179 e. The van der Waals surface area contributed by atoms with Crippen molar-refractivity contribution in [3.63, 3.8) is 0 Å². The average Bonchev–Trinajstić information content (AvgIpc) is 3.34.